The Kier molecular flexibility index (Phi) is 4.65. The fraction of sp³-hybridized carbons (Fsp3) is 0.200. The van der Waals surface area contributed by atoms with Crippen LogP contribution in [0.3, 0.4) is 0 Å². The van der Waals surface area contributed by atoms with Crippen molar-refractivity contribution in [1.29, 1.82) is 0 Å². The zero-order valence-electron chi connectivity index (χ0n) is 11.1. The van der Waals surface area contributed by atoms with Crippen LogP contribution in [-0.2, 0) is 6.54 Å². The van der Waals surface area contributed by atoms with Gasteiger partial charge in [-0.25, -0.2) is 9.18 Å². The van der Waals surface area contributed by atoms with E-state index in [0.29, 0.717) is 6.54 Å². The fourth-order valence-electron chi connectivity index (χ4n) is 1.76. The molecule has 2 aromatic rings. The van der Waals surface area contributed by atoms with Gasteiger partial charge in [-0.3, -0.25) is 4.98 Å². The summed E-state index contributed by atoms with van der Waals surface area (Å²) < 4.78 is 12.8. The van der Waals surface area contributed by atoms with E-state index in [0.717, 1.165) is 11.3 Å². The summed E-state index contributed by atoms with van der Waals surface area (Å²) in [4.78, 5) is 15.9. The van der Waals surface area contributed by atoms with E-state index in [1.807, 2.05) is 25.1 Å². The molecule has 1 aromatic carbocycles. The zero-order chi connectivity index (χ0) is 14.4. The lowest BCUT2D eigenvalue weighted by atomic mass is 10.1. The highest BCUT2D eigenvalue weighted by Gasteiger charge is 2.09. The minimum atomic E-state index is -0.291. The van der Waals surface area contributed by atoms with Gasteiger partial charge in [0, 0.05) is 6.20 Å². The van der Waals surface area contributed by atoms with E-state index in [9.17, 15) is 9.18 Å². The summed E-state index contributed by atoms with van der Waals surface area (Å²) in [7, 11) is 0. The molecule has 0 aliphatic heterocycles. The number of halogens is 1. The van der Waals surface area contributed by atoms with Gasteiger partial charge in [-0.1, -0.05) is 18.2 Å². The first-order chi connectivity index (χ1) is 9.65. The molecule has 0 saturated carbocycles. The molecule has 0 aliphatic carbocycles. The summed E-state index contributed by atoms with van der Waals surface area (Å²) >= 11 is 0. The standard InChI is InChI=1S/C15H16FN3O/c1-11(12-5-7-13(16)8-6-12)19-15(20)18-10-14-4-2-3-9-17-14/h2-9,11H,10H2,1H3,(H2,18,19,20). The van der Waals surface area contributed by atoms with Gasteiger partial charge >= 0.3 is 6.03 Å². The van der Waals surface area contributed by atoms with Crippen molar-refractivity contribution in [1.82, 2.24) is 15.6 Å². The van der Waals surface area contributed by atoms with Crippen LogP contribution in [0.25, 0.3) is 0 Å². The van der Waals surface area contributed by atoms with Gasteiger partial charge in [0.15, 0.2) is 0 Å². The minimum Gasteiger partial charge on any atom is -0.332 e. The largest absolute Gasteiger partial charge is 0.332 e. The van der Waals surface area contributed by atoms with Gasteiger partial charge < -0.3 is 10.6 Å². The molecule has 0 fully saturated rings. The number of aromatic nitrogens is 1. The van der Waals surface area contributed by atoms with E-state index in [-0.39, 0.29) is 17.9 Å². The van der Waals surface area contributed by atoms with E-state index >= 15 is 0 Å². The Morgan fingerprint density at radius 1 is 1.25 bits per heavy atom. The van der Waals surface area contributed by atoms with Crippen molar-refractivity contribution in [3.8, 4) is 0 Å². The third-order valence-electron chi connectivity index (χ3n) is 2.87. The molecule has 20 heavy (non-hydrogen) atoms. The summed E-state index contributed by atoms with van der Waals surface area (Å²) in [5.41, 5.74) is 1.64. The molecular weight excluding hydrogens is 257 g/mol. The molecule has 1 atom stereocenters. The third-order valence-corrected chi connectivity index (χ3v) is 2.87. The number of nitrogens with zero attached hydrogens (tertiary/aromatic N) is 1. The minimum absolute atomic E-state index is 0.195. The highest BCUT2D eigenvalue weighted by molar-refractivity contribution is 5.74. The molecule has 0 bridgehead atoms. The predicted octanol–water partition coefficient (Wildman–Crippen LogP) is 2.78. The van der Waals surface area contributed by atoms with Crippen LogP contribution in [-0.4, -0.2) is 11.0 Å². The number of benzene rings is 1. The lowest BCUT2D eigenvalue weighted by Crippen LogP contribution is -2.36. The first-order valence-electron chi connectivity index (χ1n) is 6.35. The summed E-state index contributed by atoms with van der Waals surface area (Å²) in [6.45, 7) is 2.20. The number of hydrogen-bond donors (Lipinski definition) is 2. The van der Waals surface area contributed by atoms with Crippen LogP contribution in [0.5, 0.6) is 0 Å². The molecule has 0 saturated heterocycles. The topological polar surface area (TPSA) is 54.0 Å². The molecule has 1 aromatic heterocycles. The molecule has 4 nitrogen and oxygen atoms in total. The quantitative estimate of drug-likeness (QED) is 0.900. The van der Waals surface area contributed by atoms with Crippen LogP contribution in [0.2, 0.25) is 0 Å². The van der Waals surface area contributed by atoms with Crippen LogP contribution in [0.15, 0.2) is 48.7 Å². The van der Waals surface area contributed by atoms with E-state index in [1.165, 1.54) is 12.1 Å². The Hall–Kier alpha value is -2.43. The van der Waals surface area contributed by atoms with Crippen LogP contribution in [0, 0.1) is 5.82 Å². The van der Waals surface area contributed by atoms with Crippen LogP contribution in [0.4, 0.5) is 9.18 Å². The molecule has 1 heterocycles. The number of amides is 2. The monoisotopic (exact) mass is 273 g/mol. The summed E-state index contributed by atoms with van der Waals surface area (Å²) in [6, 6.07) is 11.1. The highest BCUT2D eigenvalue weighted by atomic mass is 19.1. The van der Waals surface area contributed by atoms with Gasteiger partial charge in [0.1, 0.15) is 5.82 Å². The lowest BCUT2D eigenvalue weighted by molar-refractivity contribution is 0.237. The van der Waals surface area contributed by atoms with Crippen LogP contribution >= 0.6 is 0 Å². The van der Waals surface area contributed by atoms with Crippen molar-refractivity contribution in [2.24, 2.45) is 0 Å². The van der Waals surface area contributed by atoms with Crippen molar-refractivity contribution < 1.29 is 9.18 Å². The molecule has 5 heteroatoms. The van der Waals surface area contributed by atoms with Gasteiger partial charge in [0.2, 0.25) is 0 Å². The smallest absolute Gasteiger partial charge is 0.315 e. The second-order valence-corrected chi connectivity index (χ2v) is 4.42. The number of nitrogens with one attached hydrogen (secondary N) is 2. The van der Waals surface area contributed by atoms with Gasteiger partial charge in [-0.2, -0.15) is 0 Å². The molecule has 2 rings (SSSR count). The molecule has 104 valence electrons. The number of pyridine rings is 1. The molecule has 0 aliphatic rings. The Morgan fingerprint density at radius 2 is 2.00 bits per heavy atom. The fourth-order valence-corrected chi connectivity index (χ4v) is 1.76. The Balaban J connectivity index is 1.83. The number of carbonyl (C=O) groups excluding carboxylic acids is 1. The van der Waals surface area contributed by atoms with E-state index in [4.69, 9.17) is 0 Å². The number of rotatable bonds is 4. The zero-order valence-corrected chi connectivity index (χ0v) is 11.1. The van der Waals surface area contributed by atoms with Gasteiger partial charge in [0.05, 0.1) is 18.3 Å². The van der Waals surface area contributed by atoms with Crippen molar-refractivity contribution in [3.63, 3.8) is 0 Å². The second kappa shape index (κ2) is 6.65. The van der Waals surface area contributed by atoms with E-state index < -0.39 is 0 Å². The SMILES string of the molecule is CC(NC(=O)NCc1ccccn1)c1ccc(F)cc1. The summed E-state index contributed by atoms with van der Waals surface area (Å²) in [6.07, 6.45) is 1.68. The maximum absolute atomic E-state index is 12.8. The van der Waals surface area contributed by atoms with Crippen LogP contribution < -0.4 is 10.6 Å². The maximum Gasteiger partial charge on any atom is 0.315 e. The number of carbonyl (C=O) groups is 1. The Morgan fingerprint density at radius 3 is 2.65 bits per heavy atom. The predicted molar refractivity (Wildman–Crippen MR) is 74.4 cm³/mol. The second-order valence-electron chi connectivity index (χ2n) is 4.42. The third kappa shape index (κ3) is 4.05. The molecule has 2 N–H and O–H groups in total. The van der Waals surface area contributed by atoms with Crippen LogP contribution in [0.1, 0.15) is 24.2 Å². The summed E-state index contributed by atoms with van der Waals surface area (Å²) in [5, 5.41) is 5.51. The normalized spacial score (nSPS) is 11.7. The average molecular weight is 273 g/mol. The van der Waals surface area contributed by atoms with Crippen molar-refractivity contribution in [2.75, 3.05) is 0 Å². The van der Waals surface area contributed by atoms with Gasteiger partial charge in [-0.15, -0.1) is 0 Å². The molecule has 0 spiro atoms. The van der Waals surface area contributed by atoms with Crippen molar-refractivity contribution in [3.05, 3.63) is 65.7 Å². The van der Waals surface area contributed by atoms with E-state index in [2.05, 4.69) is 15.6 Å². The molecule has 1 unspecified atom stereocenters. The molecule has 0 radical (unpaired) electrons. The number of urea groups is 1. The van der Waals surface area contributed by atoms with Gasteiger partial charge in [-0.05, 0) is 36.8 Å². The van der Waals surface area contributed by atoms with Gasteiger partial charge in [0.25, 0.3) is 0 Å². The summed E-state index contributed by atoms with van der Waals surface area (Å²) in [5.74, 6) is -0.291. The molecule has 2 amide bonds. The number of hydrogen-bond acceptors (Lipinski definition) is 2. The first kappa shape index (κ1) is 14.0. The average Bonchev–Trinajstić information content (AvgIpc) is 2.47. The van der Waals surface area contributed by atoms with Crippen molar-refractivity contribution in [2.45, 2.75) is 19.5 Å². The molecular formula is C15H16FN3O. The maximum atomic E-state index is 12.8. The Bertz CT molecular complexity index is 557. The van der Waals surface area contributed by atoms with Crippen molar-refractivity contribution >= 4 is 6.03 Å². The van der Waals surface area contributed by atoms with E-state index in [1.54, 1.807) is 18.3 Å². The Labute approximate surface area is 117 Å². The lowest BCUT2D eigenvalue weighted by Gasteiger charge is -2.15. The first-order valence-corrected chi connectivity index (χ1v) is 6.35. The highest BCUT2D eigenvalue weighted by Crippen LogP contribution is 2.12.